The number of hydrogen-bond acceptors (Lipinski definition) is 5. The summed E-state index contributed by atoms with van der Waals surface area (Å²) in [6.07, 6.45) is 2.16. The van der Waals surface area contributed by atoms with Crippen LogP contribution < -0.4 is 4.74 Å². The summed E-state index contributed by atoms with van der Waals surface area (Å²) in [4.78, 5) is 15.8. The summed E-state index contributed by atoms with van der Waals surface area (Å²) in [6, 6.07) is 2.75. The summed E-state index contributed by atoms with van der Waals surface area (Å²) in [6.45, 7) is 3.17. The lowest BCUT2D eigenvalue weighted by atomic mass is 10.1. The number of nitrogens with zero attached hydrogens (tertiary/aromatic N) is 3. The van der Waals surface area contributed by atoms with Crippen molar-refractivity contribution in [2.45, 2.75) is 19.9 Å². The molecule has 0 amide bonds. The van der Waals surface area contributed by atoms with Gasteiger partial charge in [0, 0.05) is 24.7 Å². The summed E-state index contributed by atoms with van der Waals surface area (Å²) >= 11 is 0. The first-order chi connectivity index (χ1) is 10.2. The van der Waals surface area contributed by atoms with E-state index in [1.807, 2.05) is 0 Å². The van der Waals surface area contributed by atoms with Gasteiger partial charge in [0.15, 0.2) is 0 Å². The van der Waals surface area contributed by atoms with Crippen LogP contribution in [-0.4, -0.2) is 33.9 Å². The molecule has 0 unspecified atom stereocenters. The lowest BCUT2D eigenvalue weighted by Crippen LogP contribution is -2.16. The van der Waals surface area contributed by atoms with Crippen LogP contribution in [0.3, 0.4) is 0 Å². The number of aromatic nitrogens is 3. The maximum atomic E-state index is 13.0. The van der Waals surface area contributed by atoms with Crippen molar-refractivity contribution in [1.29, 1.82) is 0 Å². The summed E-state index contributed by atoms with van der Waals surface area (Å²) in [5.74, 6) is -0.685. The van der Waals surface area contributed by atoms with Gasteiger partial charge in [-0.05, 0) is 19.1 Å². The van der Waals surface area contributed by atoms with Gasteiger partial charge < -0.3 is 9.47 Å². The monoisotopic (exact) mass is 291 g/mol. The number of aryl methyl sites for hydroxylation is 1. The molecule has 0 aliphatic carbocycles. The molecule has 6 nitrogen and oxygen atoms in total. The highest BCUT2D eigenvalue weighted by Crippen LogP contribution is 2.33. The first-order valence-corrected chi connectivity index (χ1v) is 6.73. The van der Waals surface area contributed by atoms with Crippen LogP contribution in [0, 0.1) is 5.95 Å². The van der Waals surface area contributed by atoms with Gasteiger partial charge in [-0.3, -0.25) is 0 Å². The topological polar surface area (TPSA) is 66.2 Å². The molecule has 0 aromatic carbocycles. The molecule has 0 saturated heterocycles. The third kappa shape index (κ3) is 2.46. The Morgan fingerprint density at radius 1 is 1.52 bits per heavy atom. The molecule has 0 saturated carbocycles. The average Bonchev–Trinajstić information content (AvgIpc) is 2.87. The SMILES string of the molecule is CCOC(=O)c1c(-c2ccc(F)nc2)nn2c1OCCC2. The van der Waals surface area contributed by atoms with Crippen molar-refractivity contribution in [3.8, 4) is 17.1 Å². The fourth-order valence-electron chi connectivity index (χ4n) is 2.23. The Kier molecular flexibility index (Phi) is 3.55. The van der Waals surface area contributed by atoms with Gasteiger partial charge in [0.25, 0.3) is 0 Å². The van der Waals surface area contributed by atoms with Gasteiger partial charge in [0.2, 0.25) is 11.8 Å². The number of rotatable bonds is 3. The smallest absolute Gasteiger partial charge is 0.345 e. The Labute approximate surface area is 120 Å². The lowest BCUT2D eigenvalue weighted by molar-refractivity contribution is 0.0520. The van der Waals surface area contributed by atoms with Crippen molar-refractivity contribution >= 4 is 5.97 Å². The molecule has 0 bridgehead atoms. The standard InChI is InChI=1S/C14H14FN3O3/c1-2-20-14(19)11-12(9-4-5-10(15)16-8-9)17-18-6-3-7-21-13(11)18/h4-5,8H,2-3,6-7H2,1H3. The lowest BCUT2D eigenvalue weighted by Gasteiger charge is -2.15. The number of halogens is 1. The highest BCUT2D eigenvalue weighted by Gasteiger charge is 2.29. The van der Waals surface area contributed by atoms with Crippen LogP contribution in [0.2, 0.25) is 0 Å². The van der Waals surface area contributed by atoms with Gasteiger partial charge in [0.05, 0.1) is 13.2 Å². The van der Waals surface area contributed by atoms with Crippen LogP contribution in [0.4, 0.5) is 4.39 Å². The number of carbonyl (C=O) groups excluding carboxylic acids is 1. The summed E-state index contributed by atoms with van der Waals surface area (Å²) in [5, 5.41) is 4.38. The number of pyridine rings is 1. The zero-order valence-electron chi connectivity index (χ0n) is 11.5. The third-order valence-corrected chi connectivity index (χ3v) is 3.14. The second-order valence-corrected chi connectivity index (χ2v) is 4.54. The van der Waals surface area contributed by atoms with Crippen molar-refractivity contribution in [2.75, 3.05) is 13.2 Å². The molecule has 1 aliphatic rings. The van der Waals surface area contributed by atoms with Gasteiger partial charge in [-0.2, -0.15) is 9.49 Å². The molecule has 0 fully saturated rings. The molecule has 1 aliphatic heterocycles. The molecule has 0 radical (unpaired) electrons. The minimum Gasteiger partial charge on any atom is -0.477 e. The van der Waals surface area contributed by atoms with Crippen molar-refractivity contribution in [3.63, 3.8) is 0 Å². The Hall–Kier alpha value is -2.44. The van der Waals surface area contributed by atoms with Gasteiger partial charge in [-0.15, -0.1) is 0 Å². The van der Waals surface area contributed by atoms with Gasteiger partial charge in [-0.25, -0.2) is 14.5 Å². The van der Waals surface area contributed by atoms with E-state index in [1.165, 1.54) is 18.3 Å². The quantitative estimate of drug-likeness (QED) is 0.639. The van der Waals surface area contributed by atoms with Crippen LogP contribution in [0.15, 0.2) is 18.3 Å². The van der Waals surface area contributed by atoms with E-state index in [2.05, 4.69) is 10.1 Å². The first kappa shape index (κ1) is 13.5. The predicted molar refractivity (Wildman–Crippen MR) is 71.5 cm³/mol. The summed E-state index contributed by atoms with van der Waals surface area (Å²) < 4.78 is 25.2. The van der Waals surface area contributed by atoms with E-state index in [-0.39, 0.29) is 12.2 Å². The Morgan fingerprint density at radius 2 is 2.38 bits per heavy atom. The number of ether oxygens (including phenoxy) is 2. The minimum absolute atomic E-state index is 0.255. The largest absolute Gasteiger partial charge is 0.477 e. The Balaban J connectivity index is 2.12. The molecule has 2 aromatic rings. The maximum Gasteiger partial charge on any atom is 0.345 e. The van der Waals surface area contributed by atoms with Gasteiger partial charge in [-0.1, -0.05) is 0 Å². The zero-order valence-corrected chi connectivity index (χ0v) is 11.5. The predicted octanol–water partition coefficient (Wildman–Crippen LogP) is 2.04. The molecule has 3 heterocycles. The van der Waals surface area contributed by atoms with E-state index in [0.717, 1.165) is 6.42 Å². The van der Waals surface area contributed by atoms with Crippen molar-refractivity contribution < 1.29 is 18.7 Å². The van der Waals surface area contributed by atoms with Gasteiger partial charge in [0.1, 0.15) is 11.3 Å². The van der Waals surface area contributed by atoms with Crippen LogP contribution in [-0.2, 0) is 11.3 Å². The second kappa shape index (κ2) is 5.51. The molecule has 2 aromatic heterocycles. The van der Waals surface area contributed by atoms with Crippen LogP contribution in [0.5, 0.6) is 5.88 Å². The van der Waals surface area contributed by atoms with Crippen molar-refractivity contribution in [2.24, 2.45) is 0 Å². The van der Waals surface area contributed by atoms with Gasteiger partial charge >= 0.3 is 5.97 Å². The van der Waals surface area contributed by atoms with E-state index in [9.17, 15) is 9.18 Å². The van der Waals surface area contributed by atoms with E-state index in [0.29, 0.717) is 30.3 Å². The van der Waals surface area contributed by atoms with E-state index < -0.39 is 11.9 Å². The molecule has 3 rings (SSSR count). The van der Waals surface area contributed by atoms with Crippen molar-refractivity contribution in [3.05, 3.63) is 29.8 Å². The number of esters is 1. The highest BCUT2D eigenvalue weighted by molar-refractivity contribution is 5.98. The van der Waals surface area contributed by atoms with E-state index >= 15 is 0 Å². The van der Waals surface area contributed by atoms with Crippen molar-refractivity contribution in [1.82, 2.24) is 14.8 Å². The van der Waals surface area contributed by atoms with Crippen LogP contribution in [0.1, 0.15) is 23.7 Å². The molecular formula is C14H14FN3O3. The van der Waals surface area contributed by atoms with E-state index in [1.54, 1.807) is 11.6 Å². The third-order valence-electron chi connectivity index (χ3n) is 3.14. The summed E-state index contributed by atoms with van der Waals surface area (Å²) in [7, 11) is 0. The fraction of sp³-hybridized carbons (Fsp3) is 0.357. The number of fused-ring (bicyclic) bond motifs is 1. The molecule has 0 atom stereocenters. The second-order valence-electron chi connectivity index (χ2n) is 4.54. The molecule has 0 N–H and O–H groups in total. The Bertz CT molecular complexity index is 667. The van der Waals surface area contributed by atoms with Crippen LogP contribution in [0.25, 0.3) is 11.3 Å². The Morgan fingerprint density at radius 3 is 3.10 bits per heavy atom. The normalized spacial score (nSPS) is 13.4. The summed E-state index contributed by atoms with van der Waals surface area (Å²) in [5.41, 5.74) is 1.22. The molecule has 21 heavy (non-hydrogen) atoms. The maximum absolute atomic E-state index is 13.0. The van der Waals surface area contributed by atoms with E-state index in [4.69, 9.17) is 9.47 Å². The molecular weight excluding hydrogens is 277 g/mol. The van der Waals surface area contributed by atoms with Crippen LogP contribution >= 0.6 is 0 Å². The zero-order chi connectivity index (χ0) is 14.8. The number of carbonyl (C=O) groups is 1. The highest BCUT2D eigenvalue weighted by atomic mass is 19.1. The molecule has 7 heteroatoms. The molecule has 0 spiro atoms. The minimum atomic E-state index is -0.586. The number of hydrogen-bond donors (Lipinski definition) is 0. The molecule has 110 valence electrons. The fourth-order valence-corrected chi connectivity index (χ4v) is 2.23. The first-order valence-electron chi connectivity index (χ1n) is 6.73. The average molecular weight is 291 g/mol.